The number of nitriles is 1. The fourth-order valence-electron chi connectivity index (χ4n) is 2.22. The SMILES string of the molecule is COc1cc(/C=C/c2ccncc2C#N)cc2c1OCCO2. The number of ether oxygens (including phenoxy) is 3. The van der Waals surface area contributed by atoms with Gasteiger partial charge in [-0.1, -0.05) is 12.2 Å². The predicted octanol–water partition coefficient (Wildman–Crippen LogP) is 2.90. The predicted molar refractivity (Wildman–Crippen MR) is 81.9 cm³/mol. The van der Waals surface area contributed by atoms with Crippen LogP contribution >= 0.6 is 0 Å². The fourth-order valence-corrected chi connectivity index (χ4v) is 2.22. The van der Waals surface area contributed by atoms with E-state index in [0.717, 1.165) is 11.1 Å². The summed E-state index contributed by atoms with van der Waals surface area (Å²) >= 11 is 0. The molecule has 1 aliphatic heterocycles. The molecule has 0 bridgehead atoms. The molecule has 0 saturated carbocycles. The van der Waals surface area contributed by atoms with Gasteiger partial charge in [0.05, 0.1) is 12.7 Å². The third kappa shape index (κ3) is 2.72. The van der Waals surface area contributed by atoms with Crippen LogP contribution < -0.4 is 14.2 Å². The molecule has 1 aromatic heterocycles. The zero-order valence-corrected chi connectivity index (χ0v) is 12.1. The number of methoxy groups -OCH3 is 1. The van der Waals surface area contributed by atoms with Crippen molar-refractivity contribution in [2.24, 2.45) is 0 Å². The molecular formula is C17H14N2O3. The Morgan fingerprint density at radius 2 is 2.14 bits per heavy atom. The molecule has 2 heterocycles. The molecule has 22 heavy (non-hydrogen) atoms. The van der Waals surface area contributed by atoms with Gasteiger partial charge >= 0.3 is 0 Å². The van der Waals surface area contributed by atoms with E-state index in [0.29, 0.717) is 36.0 Å². The molecule has 0 fully saturated rings. The van der Waals surface area contributed by atoms with Crippen LogP contribution in [0.25, 0.3) is 12.2 Å². The van der Waals surface area contributed by atoms with Crippen LogP contribution in [0, 0.1) is 11.3 Å². The topological polar surface area (TPSA) is 64.4 Å². The molecule has 5 nitrogen and oxygen atoms in total. The van der Waals surface area contributed by atoms with Gasteiger partial charge in [0, 0.05) is 12.4 Å². The number of fused-ring (bicyclic) bond motifs is 1. The Balaban J connectivity index is 1.96. The molecule has 5 heteroatoms. The van der Waals surface area contributed by atoms with E-state index in [4.69, 9.17) is 19.5 Å². The van der Waals surface area contributed by atoms with Gasteiger partial charge in [0.2, 0.25) is 5.75 Å². The summed E-state index contributed by atoms with van der Waals surface area (Å²) in [6.07, 6.45) is 6.97. The molecule has 0 N–H and O–H groups in total. The quantitative estimate of drug-likeness (QED) is 0.871. The molecule has 0 amide bonds. The standard InChI is InChI=1S/C17H14N2O3/c1-20-15-8-12(9-16-17(15)22-7-6-21-16)2-3-13-4-5-19-11-14(13)10-18/h2-5,8-9,11H,6-7H2,1H3/b3-2+. The Morgan fingerprint density at radius 3 is 2.95 bits per heavy atom. The summed E-state index contributed by atoms with van der Waals surface area (Å²) in [7, 11) is 1.59. The number of pyridine rings is 1. The Morgan fingerprint density at radius 1 is 1.27 bits per heavy atom. The van der Waals surface area contributed by atoms with Crippen LogP contribution in [0.15, 0.2) is 30.6 Å². The molecule has 110 valence electrons. The van der Waals surface area contributed by atoms with Crippen molar-refractivity contribution in [3.05, 3.63) is 47.3 Å². The van der Waals surface area contributed by atoms with Gasteiger partial charge in [0.25, 0.3) is 0 Å². The summed E-state index contributed by atoms with van der Waals surface area (Å²) in [6, 6.07) is 7.68. The third-order valence-corrected chi connectivity index (χ3v) is 3.28. The lowest BCUT2D eigenvalue weighted by atomic mass is 10.1. The van der Waals surface area contributed by atoms with Crippen LogP contribution in [0.4, 0.5) is 0 Å². The maximum atomic E-state index is 9.08. The Hall–Kier alpha value is -3.00. The monoisotopic (exact) mass is 294 g/mol. The van der Waals surface area contributed by atoms with E-state index in [-0.39, 0.29) is 0 Å². The smallest absolute Gasteiger partial charge is 0.203 e. The first-order valence-electron chi connectivity index (χ1n) is 6.81. The highest BCUT2D eigenvalue weighted by atomic mass is 16.6. The number of aromatic nitrogens is 1. The molecule has 0 radical (unpaired) electrons. The van der Waals surface area contributed by atoms with Crippen LogP contribution in [-0.4, -0.2) is 25.3 Å². The highest BCUT2D eigenvalue weighted by molar-refractivity contribution is 5.74. The van der Waals surface area contributed by atoms with Gasteiger partial charge in [0.1, 0.15) is 19.3 Å². The average molecular weight is 294 g/mol. The first-order valence-corrected chi connectivity index (χ1v) is 6.81. The number of hydrogen-bond donors (Lipinski definition) is 0. The van der Waals surface area contributed by atoms with Crippen molar-refractivity contribution >= 4 is 12.2 Å². The van der Waals surface area contributed by atoms with Crippen molar-refractivity contribution in [1.29, 1.82) is 5.26 Å². The number of hydrogen-bond acceptors (Lipinski definition) is 5. The molecule has 2 aromatic rings. The van der Waals surface area contributed by atoms with E-state index in [1.807, 2.05) is 24.3 Å². The first kappa shape index (κ1) is 14.0. The van der Waals surface area contributed by atoms with Crippen LogP contribution in [0.2, 0.25) is 0 Å². The average Bonchev–Trinajstić information content (AvgIpc) is 2.59. The fraction of sp³-hybridized carbons (Fsp3) is 0.176. The highest BCUT2D eigenvalue weighted by Gasteiger charge is 2.17. The summed E-state index contributed by atoms with van der Waals surface area (Å²) in [5.41, 5.74) is 2.25. The van der Waals surface area contributed by atoms with Crippen LogP contribution in [0.5, 0.6) is 17.2 Å². The van der Waals surface area contributed by atoms with Gasteiger partial charge < -0.3 is 14.2 Å². The molecule has 0 saturated heterocycles. The van der Waals surface area contributed by atoms with Crippen molar-refractivity contribution in [3.8, 4) is 23.3 Å². The normalized spacial score (nSPS) is 12.9. The van der Waals surface area contributed by atoms with Crippen molar-refractivity contribution in [2.75, 3.05) is 20.3 Å². The van der Waals surface area contributed by atoms with Gasteiger partial charge in [-0.25, -0.2) is 0 Å². The summed E-state index contributed by atoms with van der Waals surface area (Å²) < 4.78 is 16.5. The maximum absolute atomic E-state index is 9.08. The van der Waals surface area contributed by atoms with E-state index in [1.54, 1.807) is 25.6 Å². The van der Waals surface area contributed by atoms with Gasteiger partial charge in [0.15, 0.2) is 11.5 Å². The zero-order valence-electron chi connectivity index (χ0n) is 12.1. The summed E-state index contributed by atoms with van der Waals surface area (Å²) in [4.78, 5) is 3.94. The molecular weight excluding hydrogens is 280 g/mol. The van der Waals surface area contributed by atoms with E-state index >= 15 is 0 Å². The minimum Gasteiger partial charge on any atom is -0.493 e. The van der Waals surface area contributed by atoms with Crippen molar-refractivity contribution < 1.29 is 14.2 Å². The van der Waals surface area contributed by atoms with Crippen molar-refractivity contribution in [1.82, 2.24) is 4.98 Å². The summed E-state index contributed by atoms with van der Waals surface area (Å²) in [5.74, 6) is 1.93. The Bertz CT molecular complexity index is 746. The van der Waals surface area contributed by atoms with E-state index < -0.39 is 0 Å². The van der Waals surface area contributed by atoms with Crippen LogP contribution in [0.1, 0.15) is 16.7 Å². The van der Waals surface area contributed by atoms with Crippen molar-refractivity contribution in [3.63, 3.8) is 0 Å². The van der Waals surface area contributed by atoms with Gasteiger partial charge in [-0.15, -0.1) is 0 Å². The molecule has 0 spiro atoms. The molecule has 3 rings (SSSR count). The molecule has 1 aromatic carbocycles. The van der Waals surface area contributed by atoms with Crippen LogP contribution in [-0.2, 0) is 0 Å². The Labute approximate surface area is 128 Å². The lowest BCUT2D eigenvalue weighted by Gasteiger charge is -2.20. The summed E-state index contributed by atoms with van der Waals surface area (Å²) in [6.45, 7) is 1.04. The van der Waals surface area contributed by atoms with Gasteiger partial charge in [-0.3, -0.25) is 4.98 Å². The van der Waals surface area contributed by atoms with Gasteiger partial charge in [-0.05, 0) is 29.3 Å². The minimum absolute atomic E-state index is 0.515. The molecule has 0 unspecified atom stereocenters. The second-order valence-electron chi connectivity index (χ2n) is 4.66. The maximum Gasteiger partial charge on any atom is 0.203 e. The second-order valence-corrected chi connectivity index (χ2v) is 4.66. The second kappa shape index (κ2) is 6.19. The molecule has 0 atom stereocenters. The zero-order chi connectivity index (χ0) is 15.4. The lowest BCUT2D eigenvalue weighted by Crippen LogP contribution is -2.16. The highest BCUT2D eigenvalue weighted by Crippen LogP contribution is 2.40. The summed E-state index contributed by atoms with van der Waals surface area (Å²) in [5, 5.41) is 9.08. The lowest BCUT2D eigenvalue weighted by molar-refractivity contribution is 0.165. The molecule has 1 aliphatic rings. The number of rotatable bonds is 3. The Kier molecular flexibility index (Phi) is 3.92. The number of benzene rings is 1. The first-order chi connectivity index (χ1) is 10.8. The minimum atomic E-state index is 0.515. The third-order valence-electron chi connectivity index (χ3n) is 3.28. The molecule has 0 aliphatic carbocycles. The van der Waals surface area contributed by atoms with E-state index in [9.17, 15) is 0 Å². The van der Waals surface area contributed by atoms with E-state index in [1.165, 1.54) is 0 Å². The van der Waals surface area contributed by atoms with Crippen molar-refractivity contribution in [2.45, 2.75) is 0 Å². The van der Waals surface area contributed by atoms with Crippen LogP contribution in [0.3, 0.4) is 0 Å². The number of nitrogens with zero attached hydrogens (tertiary/aromatic N) is 2. The van der Waals surface area contributed by atoms with Gasteiger partial charge in [-0.2, -0.15) is 5.26 Å². The largest absolute Gasteiger partial charge is 0.493 e. The van der Waals surface area contributed by atoms with E-state index in [2.05, 4.69) is 11.1 Å².